The molecule has 1 aromatic rings. The summed E-state index contributed by atoms with van der Waals surface area (Å²) in [6.45, 7) is 3.99. The van der Waals surface area contributed by atoms with E-state index in [0.29, 0.717) is 5.92 Å². The van der Waals surface area contributed by atoms with E-state index >= 15 is 0 Å². The number of aryl methyl sites for hydroxylation is 1. The third-order valence-corrected chi connectivity index (χ3v) is 2.09. The predicted molar refractivity (Wildman–Crippen MR) is 52.4 cm³/mol. The van der Waals surface area contributed by atoms with Crippen molar-refractivity contribution in [3.63, 3.8) is 0 Å². The molecule has 3 nitrogen and oxygen atoms in total. The van der Waals surface area contributed by atoms with E-state index in [1.807, 2.05) is 31.0 Å². The standard InChI is InChI=1S/C10H18N2O/c1-8(4-9(2)13)5-10-6-11-12(3)7-10/h6-9,13H,4-5H2,1-3H3. The summed E-state index contributed by atoms with van der Waals surface area (Å²) >= 11 is 0. The van der Waals surface area contributed by atoms with Gasteiger partial charge in [0.25, 0.3) is 0 Å². The number of hydrogen-bond acceptors (Lipinski definition) is 2. The fourth-order valence-electron chi connectivity index (χ4n) is 1.65. The van der Waals surface area contributed by atoms with Crippen LogP contribution in [0.3, 0.4) is 0 Å². The Hall–Kier alpha value is -0.830. The molecule has 1 heterocycles. The molecule has 1 N–H and O–H groups in total. The van der Waals surface area contributed by atoms with Gasteiger partial charge in [0.1, 0.15) is 0 Å². The maximum absolute atomic E-state index is 9.19. The summed E-state index contributed by atoms with van der Waals surface area (Å²) in [5.74, 6) is 0.518. The lowest BCUT2D eigenvalue weighted by molar-refractivity contribution is 0.164. The van der Waals surface area contributed by atoms with Gasteiger partial charge in [0, 0.05) is 13.2 Å². The molecule has 13 heavy (non-hydrogen) atoms. The summed E-state index contributed by atoms with van der Waals surface area (Å²) in [5, 5.41) is 13.3. The van der Waals surface area contributed by atoms with E-state index in [4.69, 9.17) is 0 Å². The van der Waals surface area contributed by atoms with Crippen LogP contribution < -0.4 is 0 Å². The Morgan fingerprint density at radius 2 is 2.23 bits per heavy atom. The number of aromatic nitrogens is 2. The SMILES string of the molecule is CC(O)CC(C)Cc1cnn(C)c1. The minimum Gasteiger partial charge on any atom is -0.393 e. The minimum absolute atomic E-state index is 0.202. The molecule has 0 saturated heterocycles. The number of aliphatic hydroxyl groups excluding tert-OH is 1. The lowest BCUT2D eigenvalue weighted by atomic mass is 9.98. The fraction of sp³-hybridized carbons (Fsp3) is 0.700. The summed E-state index contributed by atoms with van der Waals surface area (Å²) in [4.78, 5) is 0. The Morgan fingerprint density at radius 3 is 2.69 bits per heavy atom. The van der Waals surface area contributed by atoms with Crippen molar-refractivity contribution in [1.82, 2.24) is 9.78 Å². The van der Waals surface area contributed by atoms with Gasteiger partial charge in [-0.1, -0.05) is 6.92 Å². The van der Waals surface area contributed by atoms with E-state index in [9.17, 15) is 5.11 Å². The fourth-order valence-corrected chi connectivity index (χ4v) is 1.65. The van der Waals surface area contributed by atoms with Gasteiger partial charge >= 0.3 is 0 Å². The van der Waals surface area contributed by atoms with Gasteiger partial charge in [-0.25, -0.2) is 0 Å². The molecule has 0 spiro atoms. The van der Waals surface area contributed by atoms with Crippen molar-refractivity contribution in [2.45, 2.75) is 32.8 Å². The van der Waals surface area contributed by atoms with Crippen LogP contribution in [-0.2, 0) is 13.5 Å². The molecule has 0 saturated carbocycles. The Labute approximate surface area is 79.4 Å². The molecule has 0 fully saturated rings. The molecule has 74 valence electrons. The Balaban J connectivity index is 2.40. The first-order valence-electron chi connectivity index (χ1n) is 4.73. The van der Waals surface area contributed by atoms with Crippen LogP contribution >= 0.6 is 0 Å². The van der Waals surface area contributed by atoms with E-state index in [-0.39, 0.29) is 6.10 Å². The number of aliphatic hydroxyl groups is 1. The van der Waals surface area contributed by atoms with Crippen molar-refractivity contribution in [3.05, 3.63) is 18.0 Å². The molecular formula is C10H18N2O. The van der Waals surface area contributed by atoms with Crippen LogP contribution in [0.5, 0.6) is 0 Å². The lowest BCUT2D eigenvalue weighted by Crippen LogP contribution is -2.09. The molecule has 0 aliphatic carbocycles. The Kier molecular flexibility index (Phi) is 3.48. The van der Waals surface area contributed by atoms with E-state index < -0.39 is 0 Å². The van der Waals surface area contributed by atoms with E-state index in [2.05, 4.69) is 12.0 Å². The van der Waals surface area contributed by atoms with Crippen LogP contribution in [0.4, 0.5) is 0 Å². The summed E-state index contributed by atoms with van der Waals surface area (Å²) in [7, 11) is 1.92. The molecule has 2 unspecified atom stereocenters. The van der Waals surface area contributed by atoms with Gasteiger partial charge in [0.2, 0.25) is 0 Å². The van der Waals surface area contributed by atoms with Crippen LogP contribution in [0.25, 0.3) is 0 Å². The molecule has 0 bridgehead atoms. The summed E-state index contributed by atoms with van der Waals surface area (Å²) in [6.07, 6.45) is 5.57. The van der Waals surface area contributed by atoms with Gasteiger partial charge in [-0.3, -0.25) is 4.68 Å². The maximum Gasteiger partial charge on any atom is 0.0521 e. The predicted octanol–water partition coefficient (Wildman–Crippen LogP) is 1.37. The molecule has 3 heteroatoms. The van der Waals surface area contributed by atoms with Crippen LogP contribution in [-0.4, -0.2) is 21.0 Å². The average molecular weight is 182 g/mol. The molecule has 0 aliphatic heterocycles. The molecular weight excluding hydrogens is 164 g/mol. The maximum atomic E-state index is 9.19. The largest absolute Gasteiger partial charge is 0.393 e. The summed E-state index contributed by atoms with van der Waals surface area (Å²) in [5.41, 5.74) is 1.25. The molecule has 0 radical (unpaired) electrons. The van der Waals surface area contributed by atoms with Crippen molar-refractivity contribution < 1.29 is 5.11 Å². The van der Waals surface area contributed by atoms with Crippen LogP contribution in [0.1, 0.15) is 25.8 Å². The van der Waals surface area contributed by atoms with Gasteiger partial charge < -0.3 is 5.11 Å². The highest BCUT2D eigenvalue weighted by atomic mass is 16.3. The Bertz CT molecular complexity index is 255. The highest BCUT2D eigenvalue weighted by molar-refractivity contribution is 5.04. The van der Waals surface area contributed by atoms with Gasteiger partial charge in [-0.2, -0.15) is 5.10 Å². The second-order valence-corrected chi connectivity index (χ2v) is 3.92. The quantitative estimate of drug-likeness (QED) is 0.763. The van der Waals surface area contributed by atoms with Gasteiger partial charge in [-0.15, -0.1) is 0 Å². The summed E-state index contributed by atoms with van der Waals surface area (Å²) in [6, 6.07) is 0. The second kappa shape index (κ2) is 4.42. The van der Waals surface area contributed by atoms with Crippen molar-refractivity contribution >= 4 is 0 Å². The first-order valence-corrected chi connectivity index (χ1v) is 4.73. The normalized spacial score (nSPS) is 15.7. The molecule has 0 aliphatic rings. The monoisotopic (exact) mass is 182 g/mol. The van der Waals surface area contributed by atoms with Crippen molar-refractivity contribution in [1.29, 1.82) is 0 Å². The topological polar surface area (TPSA) is 38.1 Å². The first kappa shape index (κ1) is 10.3. The molecule has 0 aromatic carbocycles. The molecule has 1 rings (SSSR count). The lowest BCUT2D eigenvalue weighted by Gasteiger charge is -2.11. The molecule has 2 atom stereocenters. The van der Waals surface area contributed by atoms with E-state index in [0.717, 1.165) is 12.8 Å². The Morgan fingerprint density at radius 1 is 1.54 bits per heavy atom. The third-order valence-electron chi connectivity index (χ3n) is 2.09. The zero-order chi connectivity index (χ0) is 9.84. The van der Waals surface area contributed by atoms with Crippen molar-refractivity contribution in [3.8, 4) is 0 Å². The smallest absolute Gasteiger partial charge is 0.0521 e. The third kappa shape index (κ3) is 3.59. The second-order valence-electron chi connectivity index (χ2n) is 3.92. The summed E-state index contributed by atoms with van der Waals surface area (Å²) < 4.78 is 1.81. The van der Waals surface area contributed by atoms with Crippen molar-refractivity contribution in [2.24, 2.45) is 13.0 Å². The highest BCUT2D eigenvalue weighted by Gasteiger charge is 2.07. The van der Waals surface area contributed by atoms with E-state index in [1.54, 1.807) is 0 Å². The van der Waals surface area contributed by atoms with Crippen LogP contribution in [0.2, 0.25) is 0 Å². The van der Waals surface area contributed by atoms with Crippen molar-refractivity contribution in [2.75, 3.05) is 0 Å². The molecule has 0 amide bonds. The van der Waals surface area contributed by atoms with Crippen LogP contribution in [0.15, 0.2) is 12.4 Å². The van der Waals surface area contributed by atoms with Crippen LogP contribution in [0, 0.1) is 5.92 Å². The first-order chi connectivity index (χ1) is 6.08. The number of rotatable bonds is 4. The highest BCUT2D eigenvalue weighted by Crippen LogP contribution is 2.12. The average Bonchev–Trinajstić information content (AvgIpc) is 2.33. The zero-order valence-electron chi connectivity index (χ0n) is 8.57. The van der Waals surface area contributed by atoms with Gasteiger partial charge in [0.05, 0.1) is 12.3 Å². The zero-order valence-corrected chi connectivity index (χ0v) is 8.57. The number of hydrogen-bond donors (Lipinski definition) is 1. The molecule has 1 aromatic heterocycles. The van der Waals surface area contributed by atoms with E-state index in [1.165, 1.54) is 5.56 Å². The van der Waals surface area contributed by atoms with Gasteiger partial charge in [0.15, 0.2) is 0 Å². The minimum atomic E-state index is -0.202. The number of nitrogens with zero attached hydrogens (tertiary/aromatic N) is 2. The van der Waals surface area contributed by atoms with Gasteiger partial charge in [-0.05, 0) is 31.2 Å².